The van der Waals surface area contributed by atoms with E-state index in [0.29, 0.717) is 25.8 Å². The zero-order valence-electron chi connectivity index (χ0n) is 10.2. The molecule has 0 atom stereocenters. The summed E-state index contributed by atoms with van der Waals surface area (Å²) in [7, 11) is 0. The molecule has 0 aliphatic carbocycles. The zero-order valence-corrected chi connectivity index (χ0v) is 10.2. The number of carboxylic acid groups (broad SMARTS) is 1. The van der Waals surface area contributed by atoms with E-state index < -0.39 is 29.7 Å². The number of imide groups is 2. The van der Waals surface area contributed by atoms with Gasteiger partial charge in [0.05, 0.1) is 0 Å². The third-order valence-corrected chi connectivity index (χ3v) is 2.46. The van der Waals surface area contributed by atoms with Crippen LogP contribution in [0.5, 0.6) is 0 Å². The van der Waals surface area contributed by atoms with Crippen molar-refractivity contribution >= 4 is 30.0 Å². The summed E-state index contributed by atoms with van der Waals surface area (Å²) in [6.45, 7) is 0.387. The van der Waals surface area contributed by atoms with Crippen LogP contribution >= 0.6 is 0 Å². The van der Waals surface area contributed by atoms with Crippen LogP contribution in [-0.4, -0.2) is 36.6 Å². The number of hydrogen-bond acceptors (Lipinski definition) is 6. The molecule has 1 fully saturated rings. The van der Waals surface area contributed by atoms with Crippen LogP contribution in [0.15, 0.2) is 4.99 Å². The minimum atomic E-state index is -1.10. The van der Waals surface area contributed by atoms with E-state index in [0.717, 1.165) is 0 Å². The molecule has 8 nitrogen and oxygen atoms in total. The highest BCUT2D eigenvalue weighted by Gasteiger charge is 2.32. The molecular formula is C11H14N3O5-. The number of carbonyl (C=O) groups excluding carboxylic acids is 4. The maximum absolute atomic E-state index is 11.3. The van der Waals surface area contributed by atoms with Crippen LogP contribution in [0.25, 0.3) is 0 Å². The van der Waals surface area contributed by atoms with Gasteiger partial charge in [-0.1, -0.05) is 6.42 Å². The SMILES string of the molecule is O=C([O-])CCCCCN=CC1C(=O)NC(=O)NC1=O. The number of aliphatic carboxylic acids is 1. The van der Waals surface area contributed by atoms with Gasteiger partial charge in [-0.2, -0.15) is 0 Å². The Kier molecular flexibility index (Phi) is 5.65. The minimum Gasteiger partial charge on any atom is -0.550 e. The molecule has 0 radical (unpaired) electrons. The van der Waals surface area contributed by atoms with Crippen LogP contribution < -0.4 is 15.7 Å². The fourth-order valence-electron chi connectivity index (χ4n) is 1.49. The number of carbonyl (C=O) groups is 4. The molecule has 1 heterocycles. The second-order valence-corrected chi connectivity index (χ2v) is 4.02. The van der Waals surface area contributed by atoms with Crippen molar-refractivity contribution in [3.8, 4) is 0 Å². The molecular weight excluding hydrogens is 254 g/mol. The highest BCUT2D eigenvalue weighted by molar-refractivity contribution is 6.23. The first kappa shape index (κ1) is 14.8. The first-order valence-electron chi connectivity index (χ1n) is 5.86. The summed E-state index contributed by atoms with van der Waals surface area (Å²) < 4.78 is 0. The van der Waals surface area contributed by atoms with Gasteiger partial charge in [0, 0.05) is 18.7 Å². The average molecular weight is 268 g/mol. The monoisotopic (exact) mass is 268 g/mol. The molecule has 104 valence electrons. The predicted molar refractivity (Wildman–Crippen MR) is 62.0 cm³/mol. The molecule has 0 saturated carbocycles. The number of barbiturate groups is 1. The van der Waals surface area contributed by atoms with E-state index in [4.69, 9.17) is 0 Å². The van der Waals surface area contributed by atoms with Gasteiger partial charge in [0.1, 0.15) is 0 Å². The zero-order chi connectivity index (χ0) is 14.3. The summed E-state index contributed by atoms with van der Waals surface area (Å²) in [5, 5.41) is 14.1. The Hall–Kier alpha value is -2.25. The summed E-state index contributed by atoms with van der Waals surface area (Å²) in [5.41, 5.74) is 0. The summed E-state index contributed by atoms with van der Waals surface area (Å²) in [5.74, 6) is -3.58. The number of nitrogens with zero attached hydrogens (tertiary/aromatic N) is 1. The molecule has 1 aliphatic rings. The van der Waals surface area contributed by atoms with E-state index in [1.807, 2.05) is 10.6 Å². The second kappa shape index (κ2) is 7.24. The van der Waals surface area contributed by atoms with Gasteiger partial charge in [-0.05, 0) is 19.3 Å². The lowest BCUT2D eigenvalue weighted by atomic mass is 10.1. The molecule has 1 rings (SSSR count). The number of hydrogen-bond donors (Lipinski definition) is 2. The van der Waals surface area contributed by atoms with Gasteiger partial charge in [0.25, 0.3) is 0 Å². The molecule has 1 saturated heterocycles. The van der Waals surface area contributed by atoms with Crippen LogP contribution in [-0.2, 0) is 14.4 Å². The smallest absolute Gasteiger partial charge is 0.328 e. The number of unbranched alkanes of at least 4 members (excludes halogenated alkanes) is 2. The molecule has 1 aliphatic heterocycles. The summed E-state index contributed by atoms with van der Waals surface area (Å²) >= 11 is 0. The van der Waals surface area contributed by atoms with Crippen molar-refractivity contribution in [2.75, 3.05) is 6.54 Å². The first-order valence-corrected chi connectivity index (χ1v) is 5.86. The summed E-state index contributed by atoms with van der Waals surface area (Å²) in [6.07, 6.45) is 3.04. The standard InChI is InChI=1S/C11H15N3O5/c15-8(16)4-2-1-3-5-12-6-7-9(17)13-11(19)14-10(7)18/h6-7H,1-5H2,(H,15,16)(H2,13,14,17,18,19)/p-1. The Balaban J connectivity index is 2.24. The van der Waals surface area contributed by atoms with Crippen molar-refractivity contribution in [3.05, 3.63) is 0 Å². The number of carboxylic acids is 1. The van der Waals surface area contributed by atoms with Gasteiger partial charge >= 0.3 is 6.03 Å². The quantitative estimate of drug-likeness (QED) is 0.325. The maximum Gasteiger partial charge on any atom is 0.328 e. The third kappa shape index (κ3) is 5.28. The number of amides is 4. The Bertz CT molecular complexity index is 399. The molecule has 0 spiro atoms. The van der Waals surface area contributed by atoms with Crippen LogP contribution in [0.1, 0.15) is 25.7 Å². The number of aliphatic imine (C=N–C) groups is 1. The molecule has 0 unspecified atom stereocenters. The van der Waals surface area contributed by atoms with Gasteiger partial charge in [0.2, 0.25) is 11.8 Å². The van der Waals surface area contributed by atoms with Crippen molar-refractivity contribution in [1.82, 2.24) is 10.6 Å². The maximum atomic E-state index is 11.3. The molecule has 4 amide bonds. The van der Waals surface area contributed by atoms with E-state index in [-0.39, 0.29) is 6.42 Å². The van der Waals surface area contributed by atoms with Crippen LogP contribution in [0.4, 0.5) is 4.79 Å². The van der Waals surface area contributed by atoms with Gasteiger partial charge in [-0.3, -0.25) is 25.2 Å². The number of rotatable bonds is 7. The topological polar surface area (TPSA) is 128 Å². The van der Waals surface area contributed by atoms with Crippen LogP contribution in [0.3, 0.4) is 0 Å². The highest BCUT2D eigenvalue weighted by Crippen LogP contribution is 2.01. The molecule has 8 heteroatoms. The Labute approximate surface area is 109 Å². The van der Waals surface area contributed by atoms with E-state index in [1.54, 1.807) is 0 Å². The number of urea groups is 1. The van der Waals surface area contributed by atoms with Crippen molar-refractivity contribution in [2.24, 2.45) is 10.9 Å². The lowest BCUT2D eigenvalue weighted by Crippen LogP contribution is -2.56. The highest BCUT2D eigenvalue weighted by atomic mass is 16.4. The minimum absolute atomic E-state index is 0.0132. The van der Waals surface area contributed by atoms with E-state index in [9.17, 15) is 24.3 Å². The fraction of sp³-hybridized carbons (Fsp3) is 0.545. The molecule has 19 heavy (non-hydrogen) atoms. The summed E-state index contributed by atoms with van der Waals surface area (Å²) in [4.78, 5) is 47.4. The second-order valence-electron chi connectivity index (χ2n) is 4.02. The summed E-state index contributed by atoms with van der Waals surface area (Å²) in [6, 6.07) is -0.832. The Morgan fingerprint density at radius 1 is 1.16 bits per heavy atom. The molecule has 2 N–H and O–H groups in total. The van der Waals surface area contributed by atoms with E-state index in [2.05, 4.69) is 4.99 Å². The van der Waals surface area contributed by atoms with Crippen LogP contribution in [0, 0.1) is 5.92 Å². The average Bonchev–Trinajstić information content (AvgIpc) is 2.30. The Morgan fingerprint density at radius 2 is 1.79 bits per heavy atom. The van der Waals surface area contributed by atoms with Gasteiger partial charge in [-0.25, -0.2) is 4.79 Å². The van der Waals surface area contributed by atoms with E-state index >= 15 is 0 Å². The van der Waals surface area contributed by atoms with Gasteiger partial charge in [0.15, 0.2) is 5.92 Å². The third-order valence-electron chi connectivity index (χ3n) is 2.46. The van der Waals surface area contributed by atoms with Crippen molar-refractivity contribution in [2.45, 2.75) is 25.7 Å². The normalized spacial score (nSPS) is 16.5. The van der Waals surface area contributed by atoms with Crippen LogP contribution in [0.2, 0.25) is 0 Å². The molecule has 0 aromatic rings. The van der Waals surface area contributed by atoms with Gasteiger partial charge in [-0.15, -0.1) is 0 Å². The Morgan fingerprint density at radius 3 is 2.37 bits per heavy atom. The molecule has 0 aromatic carbocycles. The lowest BCUT2D eigenvalue weighted by Gasteiger charge is -2.16. The lowest BCUT2D eigenvalue weighted by molar-refractivity contribution is -0.305. The number of nitrogens with one attached hydrogen (secondary N) is 2. The van der Waals surface area contributed by atoms with E-state index in [1.165, 1.54) is 6.21 Å². The predicted octanol–water partition coefficient (Wildman–Crippen LogP) is -1.65. The van der Waals surface area contributed by atoms with Crippen molar-refractivity contribution < 1.29 is 24.3 Å². The fourth-order valence-corrected chi connectivity index (χ4v) is 1.49. The first-order chi connectivity index (χ1) is 9.00. The van der Waals surface area contributed by atoms with Gasteiger partial charge < -0.3 is 9.90 Å². The van der Waals surface area contributed by atoms with Crippen molar-refractivity contribution in [1.29, 1.82) is 0 Å². The van der Waals surface area contributed by atoms with Crippen molar-refractivity contribution in [3.63, 3.8) is 0 Å². The largest absolute Gasteiger partial charge is 0.550 e. The molecule has 0 bridgehead atoms. The molecule has 0 aromatic heterocycles.